The molecule has 0 aliphatic heterocycles. The van der Waals surface area contributed by atoms with Crippen molar-refractivity contribution in [1.82, 2.24) is 4.84 Å². The van der Waals surface area contributed by atoms with Gasteiger partial charge in [-0.1, -0.05) is 13.8 Å². The smallest absolute Gasteiger partial charge is 0.308 e. The fourth-order valence-corrected chi connectivity index (χ4v) is 3.51. The van der Waals surface area contributed by atoms with Gasteiger partial charge in [-0.25, -0.2) is 4.84 Å². The lowest BCUT2D eigenvalue weighted by atomic mass is 9.45. The van der Waals surface area contributed by atoms with E-state index in [9.17, 15) is 4.79 Å². The number of carbonyl (C=O) groups is 1. The van der Waals surface area contributed by atoms with Gasteiger partial charge in [0.1, 0.15) is 0 Å². The summed E-state index contributed by atoms with van der Waals surface area (Å²) in [5, 5.41) is 9.05. The summed E-state index contributed by atoms with van der Waals surface area (Å²) in [5.74, 6) is -0.0349. The third-order valence-electron chi connectivity index (χ3n) is 4.39. The van der Waals surface area contributed by atoms with E-state index in [1.807, 2.05) is 0 Å². The van der Waals surface area contributed by atoms with Gasteiger partial charge in [-0.15, -0.1) is 0 Å². The number of hydrogen-bond donors (Lipinski definition) is 2. The van der Waals surface area contributed by atoms with Gasteiger partial charge in [0.25, 0.3) is 0 Å². The van der Waals surface area contributed by atoms with Crippen molar-refractivity contribution in [2.45, 2.75) is 32.7 Å². The summed E-state index contributed by atoms with van der Waals surface area (Å²) in [6, 6.07) is -0.0610. The SMILES string of the molecule is CC1(C)[C@H]2C[C@@H](C(=O)O)[C@H](NCl)[C@@H]1C2. The van der Waals surface area contributed by atoms with Crippen molar-refractivity contribution in [3.63, 3.8) is 0 Å². The molecule has 3 fully saturated rings. The molecule has 2 N–H and O–H groups in total. The van der Waals surface area contributed by atoms with Crippen molar-refractivity contribution < 1.29 is 9.90 Å². The fraction of sp³-hybridized carbons (Fsp3) is 0.900. The van der Waals surface area contributed by atoms with Crippen LogP contribution in [0.3, 0.4) is 0 Å². The van der Waals surface area contributed by atoms with E-state index in [4.69, 9.17) is 16.9 Å². The number of carboxylic acid groups (broad SMARTS) is 1. The van der Waals surface area contributed by atoms with Crippen molar-refractivity contribution in [1.29, 1.82) is 0 Å². The second-order valence-corrected chi connectivity index (χ2v) is 5.39. The van der Waals surface area contributed by atoms with Crippen molar-refractivity contribution in [2.75, 3.05) is 0 Å². The molecule has 0 unspecified atom stereocenters. The van der Waals surface area contributed by atoms with Crippen LogP contribution in [0.4, 0.5) is 0 Å². The molecular formula is C10H16ClNO2. The first-order valence-corrected chi connectivity index (χ1v) is 5.45. The zero-order chi connectivity index (χ0) is 10.5. The molecule has 0 radical (unpaired) electrons. The molecule has 14 heavy (non-hydrogen) atoms. The van der Waals surface area contributed by atoms with Crippen molar-refractivity contribution >= 4 is 17.7 Å². The molecule has 0 amide bonds. The number of halogens is 1. The molecule has 2 bridgehead atoms. The van der Waals surface area contributed by atoms with Gasteiger partial charge in [0.05, 0.1) is 5.92 Å². The largest absolute Gasteiger partial charge is 0.481 e. The second kappa shape index (κ2) is 3.11. The average molecular weight is 218 g/mol. The van der Waals surface area contributed by atoms with E-state index in [1.54, 1.807) is 0 Å². The first kappa shape index (κ1) is 10.2. The highest BCUT2D eigenvalue weighted by atomic mass is 35.5. The molecule has 0 aromatic heterocycles. The maximum absolute atomic E-state index is 11.0. The number of rotatable bonds is 2. The molecule has 0 aromatic carbocycles. The van der Waals surface area contributed by atoms with Gasteiger partial charge in [0, 0.05) is 6.04 Å². The van der Waals surface area contributed by atoms with E-state index < -0.39 is 5.97 Å². The fourth-order valence-electron chi connectivity index (χ4n) is 3.21. The van der Waals surface area contributed by atoms with Gasteiger partial charge < -0.3 is 5.11 Å². The van der Waals surface area contributed by atoms with Crippen LogP contribution in [0.15, 0.2) is 0 Å². The van der Waals surface area contributed by atoms with E-state index >= 15 is 0 Å². The minimum absolute atomic E-state index is 0.0610. The molecular weight excluding hydrogens is 202 g/mol. The molecule has 3 rings (SSSR count). The Labute approximate surface area is 88.9 Å². The minimum Gasteiger partial charge on any atom is -0.481 e. The van der Waals surface area contributed by atoms with Crippen molar-refractivity contribution in [2.24, 2.45) is 23.2 Å². The Hall–Kier alpha value is -0.280. The van der Waals surface area contributed by atoms with Crippen LogP contribution in [-0.4, -0.2) is 17.1 Å². The standard InChI is InChI=1S/C10H16ClNO2/c1-10(2)5-3-6(9(13)14)8(12-11)7(10)4-5/h5-8,12H,3-4H2,1-2H3,(H,13,14)/t5-,6+,7-,8-/m0/s1. The van der Waals surface area contributed by atoms with Gasteiger partial charge in [-0.3, -0.25) is 4.79 Å². The molecule has 0 aromatic rings. The molecule has 0 heterocycles. The number of hydrogen-bond acceptors (Lipinski definition) is 2. The molecule has 0 spiro atoms. The predicted octanol–water partition coefficient (Wildman–Crippen LogP) is 1.87. The number of fused-ring (bicyclic) bond motifs is 2. The highest BCUT2D eigenvalue weighted by Crippen LogP contribution is 2.60. The number of carboxylic acids is 1. The molecule has 80 valence electrons. The first-order valence-electron chi connectivity index (χ1n) is 5.07. The van der Waals surface area contributed by atoms with Gasteiger partial charge in [-0.2, -0.15) is 0 Å². The van der Waals surface area contributed by atoms with Gasteiger partial charge in [-0.05, 0) is 41.9 Å². The normalized spacial score (nSPS) is 44.2. The Morgan fingerprint density at radius 2 is 2.14 bits per heavy atom. The third kappa shape index (κ3) is 1.18. The van der Waals surface area contributed by atoms with Gasteiger partial charge in [0.2, 0.25) is 0 Å². The highest BCUT2D eigenvalue weighted by Gasteiger charge is 2.59. The summed E-state index contributed by atoms with van der Waals surface area (Å²) in [5.41, 5.74) is 0.262. The van der Waals surface area contributed by atoms with Crippen LogP contribution >= 0.6 is 11.8 Å². The maximum Gasteiger partial charge on any atom is 0.308 e. The molecule has 0 saturated heterocycles. The number of nitrogens with one attached hydrogen (secondary N) is 1. The molecule has 4 atom stereocenters. The molecule has 4 heteroatoms. The second-order valence-electron chi connectivity index (χ2n) is 5.18. The predicted molar refractivity (Wildman–Crippen MR) is 53.9 cm³/mol. The molecule has 3 aliphatic carbocycles. The van der Waals surface area contributed by atoms with Crippen molar-refractivity contribution in [3.8, 4) is 0 Å². The third-order valence-corrected chi connectivity index (χ3v) is 4.65. The summed E-state index contributed by atoms with van der Waals surface area (Å²) in [7, 11) is 0. The monoisotopic (exact) mass is 217 g/mol. The van der Waals surface area contributed by atoms with Crippen LogP contribution in [0.25, 0.3) is 0 Å². The molecule has 3 aliphatic rings. The van der Waals surface area contributed by atoms with Crippen LogP contribution in [-0.2, 0) is 4.79 Å². The lowest BCUT2D eigenvalue weighted by molar-refractivity contribution is -0.160. The van der Waals surface area contributed by atoms with Crippen LogP contribution in [0.1, 0.15) is 26.7 Å². The molecule has 3 saturated carbocycles. The van der Waals surface area contributed by atoms with E-state index in [-0.39, 0.29) is 17.4 Å². The van der Waals surface area contributed by atoms with E-state index in [2.05, 4.69) is 18.7 Å². The quantitative estimate of drug-likeness (QED) is 0.695. The summed E-state index contributed by atoms with van der Waals surface area (Å²) in [4.78, 5) is 13.7. The zero-order valence-corrected chi connectivity index (χ0v) is 9.21. The van der Waals surface area contributed by atoms with Gasteiger partial charge in [0.15, 0.2) is 0 Å². The summed E-state index contributed by atoms with van der Waals surface area (Å²) in [6.07, 6.45) is 1.89. The van der Waals surface area contributed by atoms with Crippen LogP contribution < -0.4 is 4.84 Å². The van der Waals surface area contributed by atoms with E-state index in [1.165, 1.54) is 0 Å². The van der Waals surface area contributed by atoms with E-state index in [0.717, 1.165) is 12.8 Å². The minimum atomic E-state index is -0.714. The van der Waals surface area contributed by atoms with Crippen LogP contribution in [0.5, 0.6) is 0 Å². The van der Waals surface area contributed by atoms with Gasteiger partial charge >= 0.3 is 5.97 Å². The van der Waals surface area contributed by atoms with E-state index in [0.29, 0.717) is 11.8 Å². The topological polar surface area (TPSA) is 49.3 Å². The van der Waals surface area contributed by atoms with Crippen LogP contribution in [0, 0.1) is 23.2 Å². The number of aliphatic carboxylic acids is 1. The summed E-state index contributed by atoms with van der Waals surface area (Å²) in [6.45, 7) is 4.43. The summed E-state index contributed by atoms with van der Waals surface area (Å²) >= 11 is 5.65. The highest BCUT2D eigenvalue weighted by molar-refractivity contribution is 6.13. The summed E-state index contributed by atoms with van der Waals surface area (Å²) < 4.78 is 0. The first-order chi connectivity index (χ1) is 6.48. The average Bonchev–Trinajstić information content (AvgIpc) is 2.16. The van der Waals surface area contributed by atoms with Crippen LogP contribution in [0.2, 0.25) is 0 Å². The lowest BCUT2D eigenvalue weighted by Gasteiger charge is -2.61. The van der Waals surface area contributed by atoms with Crippen molar-refractivity contribution in [3.05, 3.63) is 0 Å². The Balaban J connectivity index is 2.19. The maximum atomic E-state index is 11.0. The Bertz CT molecular complexity index is 267. The Morgan fingerprint density at radius 3 is 2.57 bits per heavy atom. The lowest BCUT2D eigenvalue weighted by Crippen LogP contribution is -2.62. The zero-order valence-electron chi connectivity index (χ0n) is 8.46. The Morgan fingerprint density at radius 1 is 1.50 bits per heavy atom. The Kier molecular flexibility index (Phi) is 2.27. The molecule has 3 nitrogen and oxygen atoms in total.